The highest BCUT2D eigenvalue weighted by atomic mass is 19.1. The lowest BCUT2D eigenvalue weighted by molar-refractivity contribution is -0.387. The molecule has 0 aliphatic carbocycles. The molecule has 2 N–H and O–H groups in total. The Labute approximate surface area is 121 Å². The third-order valence-corrected chi connectivity index (χ3v) is 2.54. The first-order chi connectivity index (χ1) is 10.0. The van der Waals surface area contributed by atoms with Crippen LogP contribution >= 0.6 is 0 Å². The van der Waals surface area contributed by atoms with Crippen LogP contribution in [0.15, 0.2) is 18.2 Å². The highest BCUT2D eigenvalue weighted by Gasteiger charge is 2.14. The van der Waals surface area contributed by atoms with Gasteiger partial charge in [-0.05, 0) is 19.0 Å². The number of hydrogen-bond donors (Lipinski definition) is 2. The van der Waals surface area contributed by atoms with Gasteiger partial charge in [0.05, 0.1) is 4.92 Å². The lowest BCUT2D eigenvalue weighted by Crippen LogP contribution is -2.35. The monoisotopic (exact) mass is 299 g/mol. The van der Waals surface area contributed by atoms with Gasteiger partial charge in [0.25, 0.3) is 5.91 Å². The van der Waals surface area contributed by atoms with Crippen LogP contribution in [-0.4, -0.2) is 37.1 Å². The average molecular weight is 299 g/mol. The minimum absolute atomic E-state index is 0.0670. The predicted octanol–water partition coefficient (Wildman–Crippen LogP) is 1.23. The second-order valence-corrected chi connectivity index (χ2v) is 4.26. The summed E-state index contributed by atoms with van der Waals surface area (Å²) in [6, 6.07) is 3.13. The second kappa shape index (κ2) is 8.85. The molecule has 1 aromatic carbocycles. The Morgan fingerprint density at radius 1 is 1.38 bits per heavy atom. The van der Waals surface area contributed by atoms with Crippen LogP contribution in [0.3, 0.4) is 0 Å². The number of nitrogens with zero attached hydrogens (tertiary/aromatic N) is 1. The Morgan fingerprint density at radius 2 is 2.14 bits per heavy atom. The maximum absolute atomic E-state index is 13.3. The van der Waals surface area contributed by atoms with Gasteiger partial charge in [0.2, 0.25) is 5.82 Å². The zero-order valence-corrected chi connectivity index (χ0v) is 11.7. The quantitative estimate of drug-likeness (QED) is 0.406. The predicted molar refractivity (Wildman–Crippen MR) is 74.7 cm³/mol. The fourth-order valence-corrected chi connectivity index (χ4v) is 1.52. The van der Waals surface area contributed by atoms with Crippen LogP contribution in [0.5, 0.6) is 5.75 Å². The molecule has 0 aromatic heterocycles. The molecule has 8 heteroatoms. The number of nitro groups is 1. The number of hydrogen-bond acceptors (Lipinski definition) is 5. The first kappa shape index (κ1) is 16.8. The Bertz CT molecular complexity index is 496. The van der Waals surface area contributed by atoms with Gasteiger partial charge in [0.15, 0.2) is 6.61 Å². The molecule has 0 aliphatic heterocycles. The van der Waals surface area contributed by atoms with E-state index in [9.17, 15) is 19.3 Å². The van der Waals surface area contributed by atoms with E-state index in [1.807, 2.05) is 6.92 Å². The fourth-order valence-electron chi connectivity index (χ4n) is 1.52. The molecule has 1 rings (SSSR count). The molecule has 0 unspecified atom stereocenters. The van der Waals surface area contributed by atoms with Gasteiger partial charge in [-0.15, -0.1) is 0 Å². The fraction of sp³-hybridized carbons (Fsp3) is 0.462. The van der Waals surface area contributed by atoms with E-state index in [0.717, 1.165) is 25.1 Å². The van der Waals surface area contributed by atoms with Crippen LogP contribution in [0.2, 0.25) is 0 Å². The minimum atomic E-state index is -0.998. The van der Waals surface area contributed by atoms with Crippen molar-refractivity contribution < 1.29 is 18.8 Å². The van der Waals surface area contributed by atoms with E-state index in [1.165, 1.54) is 6.07 Å². The summed E-state index contributed by atoms with van der Waals surface area (Å²) in [5.41, 5.74) is -0.631. The van der Waals surface area contributed by atoms with Crippen molar-refractivity contribution in [1.29, 1.82) is 0 Å². The first-order valence-electron chi connectivity index (χ1n) is 6.58. The normalized spacial score (nSPS) is 10.2. The highest BCUT2D eigenvalue weighted by molar-refractivity contribution is 5.77. The molecule has 1 amide bonds. The van der Waals surface area contributed by atoms with Gasteiger partial charge in [-0.2, -0.15) is 4.39 Å². The zero-order chi connectivity index (χ0) is 15.7. The Kier molecular flexibility index (Phi) is 7.10. The molecule has 7 nitrogen and oxygen atoms in total. The lowest BCUT2D eigenvalue weighted by Gasteiger charge is -2.08. The Balaban J connectivity index is 2.33. The molecule has 0 radical (unpaired) electrons. The van der Waals surface area contributed by atoms with Gasteiger partial charge in [0.1, 0.15) is 5.75 Å². The number of carbonyl (C=O) groups excluding carboxylic acids is 1. The van der Waals surface area contributed by atoms with E-state index in [1.54, 1.807) is 0 Å². The van der Waals surface area contributed by atoms with Crippen molar-refractivity contribution in [2.45, 2.75) is 13.3 Å². The molecule has 0 saturated carbocycles. The van der Waals surface area contributed by atoms with Gasteiger partial charge in [-0.3, -0.25) is 14.9 Å². The summed E-state index contributed by atoms with van der Waals surface area (Å²) in [6.07, 6.45) is 1.02. The van der Waals surface area contributed by atoms with Crippen LogP contribution in [0, 0.1) is 15.9 Å². The summed E-state index contributed by atoms with van der Waals surface area (Å²) in [5, 5.41) is 16.2. The summed E-state index contributed by atoms with van der Waals surface area (Å²) >= 11 is 0. The van der Waals surface area contributed by atoms with Crippen molar-refractivity contribution in [2.75, 3.05) is 26.2 Å². The van der Waals surface area contributed by atoms with E-state index in [-0.39, 0.29) is 18.3 Å². The topological polar surface area (TPSA) is 93.5 Å². The molecule has 1 aromatic rings. The molecular formula is C13H18FN3O4. The molecule has 0 fully saturated rings. The summed E-state index contributed by atoms with van der Waals surface area (Å²) in [5.74, 6) is -1.27. The van der Waals surface area contributed by atoms with Gasteiger partial charge in [0, 0.05) is 25.2 Å². The third kappa shape index (κ3) is 6.17. The maximum atomic E-state index is 13.3. The largest absolute Gasteiger partial charge is 0.484 e. The van der Waals surface area contributed by atoms with Crippen LogP contribution < -0.4 is 15.4 Å². The number of nitro benzene ring substituents is 1. The lowest BCUT2D eigenvalue weighted by atomic mass is 10.3. The first-order valence-corrected chi connectivity index (χ1v) is 6.58. The van der Waals surface area contributed by atoms with Crippen molar-refractivity contribution in [1.82, 2.24) is 10.6 Å². The van der Waals surface area contributed by atoms with Gasteiger partial charge < -0.3 is 15.4 Å². The summed E-state index contributed by atoms with van der Waals surface area (Å²) < 4.78 is 18.4. The Morgan fingerprint density at radius 3 is 2.76 bits per heavy atom. The van der Waals surface area contributed by atoms with Gasteiger partial charge >= 0.3 is 5.69 Å². The van der Waals surface area contributed by atoms with E-state index >= 15 is 0 Å². The minimum Gasteiger partial charge on any atom is -0.484 e. The molecule has 0 aliphatic rings. The molecule has 0 saturated heterocycles. The number of benzene rings is 1. The van der Waals surface area contributed by atoms with Crippen molar-refractivity contribution in [3.63, 3.8) is 0 Å². The maximum Gasteiger partial charge on any atom is 0.305 e. The van der Waals surface area contributed by atoms with Crippen LogP contribution in [0.4, 0.5) is 10.1 Å². The Hall–Kier alpha value is -2.22. The zero-order valence-electron chi connectivity index (χ0n) is 11.7. The van der Waals surface area contributed by atoms with Crippen LogP contribution in [-0.2, 0) is 4.79 Å². The molecule has 116 valence electrons. The third-order valence-electron chi connectivity index (χ3n) is 2.54. The van der Waals surface area contributed by atoms with E-state index in [0.29, 0.717) is 13.1 Å². The number of carbonyl (C=O) groups is 1. The molecular weight excluding hydrogens is 281 g/mol. The standard InChI is InChI=1S/C13H18FN3O4/c1-2-5-15-6-7-16-13(18)9-21-10-3-4-12(17(19)20)11(14)8-10/h3-4,8,15H,2,5-7,9H2,1H3,(H,16,18). The molecule has 21 heavy (non-hydrogen) atoms. The van der Waals surface area contributed by atoms with Crippen LogP contribution in [0.1, 0.15) is 13.3 Å². The smallest absolute Gasteiger partial charge is 0.305 e. The summed E-state index contributed by atoms with van der Waals surface area (Å²) in [4.78, 5) is 21.1. The average Bonchev–Trinajstić information content (AvgIpc) is 2.44. The van der Waals surface area contributed by atoms with Crippen molar-refractivity contribution in [3.8, 4) is 5.75 Å². The second-order valence-electron chi connectivity index (χ2n) is 4.26. The number of ether oxygens (including phenoxy) is 1. The van der Waals surface area contributed by atoms with E-state index in [2.05, 4.69) is 10.6 Å². The number of halogens is 1. The van der Waals surface area contributed by atoms with Crippen molar-refractivity contribution in [3.05, 3.63) is 34.1 Å². The molecule has 0 spiro atoms. The van der Waals surface area contributed by atoms with Crippen LogP contribution in [0.25, 0.3) is 0 Å². The molecule has 0 heterocycles. The van der Waals surface area contributed by atoms with Crippen molar-refractivity contribution >= 4 is 11.6 Å². The van der Waals surface area contributed by atoms with Gasteiger partial charge in [-0.25, -0.2) is 0 Å². The van der Waals surface area contributed by atoms with E-state index < -0.39 is 16.4 Å². The SMILES string of the molecule is CCCNCCNC(=O)COc1ccc([N+](=O)[O-])c(F)c1. The molecule has 0 atom stereocenters. The van der Waals surface area contributed by atoms with E-state index in [4.69, 9.17) is 4.74 Å². The number of amides is 1. The number of nitrogens with one attached hydrogen (secondary N) is 2. The molecule has 0 bridgehead atoms. The van der Waals surface area contributed by atoms with Gasteiger partial charge in [-0.1, -0.05) is 6.92 Å². The summed E-state index contributed by atoms with van der Waals surface area (Å²) in [6.45, 7) is 3.78. The highest BCUT2D eigenvalue weighted by Crippen LogP contribution is 2.22. The van der Waals surface area contributed by atoms with Crippen molar-refractivity contribution in [2.24, 2.45) is 0 Å². The summed E-state index contributed by atoms with van der Waals surface area (Å²) in [7, 11) is 0. The number of rotatable bonds is 9.